The molecule has 1 atom stereocenters. The highest BCUT2D eigenvalue weighted by molar-refractivity contribution is 5.91. The molecule has 102 valence electrons. The standard InChI is InChI=1S/C12H10O.C6H14/c13-11-7-9-5-1-3-8-4-2-6-10(11)12(8)9;1-3-5-6-4-2/h1-6,11,13H,7H2;3-6H2,1-2H3. The molecule has 0 saturated carbocycles. The Labute approximate surface area is 116 Å². The zero-order valence-electron chi connectivity index (χ0n) is 12.0. The maximum absolute atomic E-state index is 9.77. The summed E-state index contributed by atoms with van der Waals surface area (Å²) in [7, 11) is 0. The van der Waals surface area contributed by atoms with Gasteiger partial charge in [-0.15, -0.1) is 0 Å². The predicted octanol–water partition coefficient (Wildman–Crippen LogP) is 5.02. The minimum absolute atomic E-state index is 0.291. The second kappa shape index (κ2) is 6.72. The molecule has 0 bridgehead atoms. The quantitative estimate of drug-likeness (QED) is 0.765. The van der Waals surface area contributed by atoms with Crippen molar-refractivity contribution < 1.29 is 5.11 Å². The van der Waals surface area contributed by atoms with E-state index in [1.54, 1.807) is 0 Å². The largest absolute Gasteiger partial charge is 0.388 e. The van der Waals surface area contributed by atoms with Crippen LogP contribution in [0.1, 0.15) is 56.8 Å². The number of benzene rings is 2. The molecule has 1 unspecified atom stereocenters. The molecule has 2 aromatic rings. The second-order valence-corrected chi connectivity index (χ2v) is 5.29. The molecular formula is C18H24O. The van der Waals surface area contributed by atoms with E-state index in [1.807, 2.05) is 12.1 Å². The van der Waals surface area contributed by atoms with Gasteiger partial charge in [-0.3, -0.25) is 0 Å². The van der Waals surface area contributed by atoms with Gasteiger partial charge in [0, 0.05) is 6.42 Å². The van der Waals surface area contributed by atoms with Crippen LogP contribution < -0.4 is 0 Å². The first-order valence-corrected chi connectivity index (χ1v) is 7.46. The summed E-state index contributed by atoms with van der Waals surface area (Å²) in [5.41, 5.74) is 2.37. The third-order valence-corrected chi connectivity index (χ3v) is 3.75. The van der Waals surface area contributed by atoms with Gasteiger partial charge in [-0.05, 0) is 21.9 Å². The molecule has 1 nitrogen and oxygen atoms in total. The van der Waals surface area contributed by atoms with Crippen molar-refractivity contribution in [3.63, 3.8) is 0 Å². The van der Waals surface area contributed by atoms with Crippen molar-refractivity contribution in [1.82, 2.24) is 0 Å². The van der Waals surface area contributed by atoms with Crippen LogP contribution >= 0.6 is 0 Å². The first-order valence-electron chi connectivity index (χ1n) is 7.46. The average molecular weight is 256 g/mol. The minimum Gasteiger partial charge on any atom is -0.388 e. The van der Waals surface area contributed by atoms with Gasteiger partial charge in [0.2, 0.25) is 0 Å². The summed E-state index contributed by atoms with van der Waals surface area (Å²) >= 11 is 0. The lowest BCUT2D eigenvalue weighted by Gasteiger charge is -2.02. The summed E-state index contributed by atoms with van der Waals surface area (Å²) < 4.78 is 0. The zero-order valence-corrected chi connectivity index (χ0v) is 12.0. The molecule has 0 radical (unpaired) electrons. The highest BCUT2D eigenvalue weighted by atomic mass is 16.3. The lowest BCUT2D eigenvalue weighted by molar-refractivity contribution is 0.185. The molecule has 1 heteroatoms. The number of hydrogen-bond donors (Lipinski definition) is 1. The molecular weight excluding hydrogens is 232 g/mol. The normalized spacial score (nSPS) is 16.3. The molecule has 0 saturated heterocycles. The maximum Gasteiger partial charge on any atom is 0.0836 e. The van der Waals surface area contributed by atoms with Crippen LogP contribution in [0.3, 0.4) is 0 Å². The van der Waals surface area contributed by atoms with Crippen LogP contribution in [0.4, 0.5) is 0 Å². The monoisotopic (exact) mass is 256 g/mol. The van der Waals surface area contributed by atoms with E-state index in [9.17, 15) is 5.11 Å². The first kappa shape index (κ1) is 14.1. The lowest BCUT2D eigenvalue weighted by atomic mass is 10.1. The Morgan fingerprint density at radius 2 is 1.63 bits per heavy atom. The van der Waals surface area contributed by atoms with Crippen LogP contribution in [0.15, 0.2) is 36.4 Å². The van der Waals surface area contributed by atoms with Crippen molar-refractivity contribution in [3.8, 4) is 0 Å². The molecule has 2 aromatic carbocycles. The third kappa shape index (κ3) is 3.16. The van der Waals surface area contributed by atoms with Crippen LogP contribution in [0.2, 0.25) is 0 Å². The zero-order chi connectivity index (χ0) is 13.7. The van der Waals surface area contributed by atoms with Gasteiger partial charge in [0.25, 0.3) is 0 Å². The van der Waals surface area contributed by atoms with E-state index in [-0.39, 0.29) is 6.10 Å². The SMILES string of the molecule is CCCCCC.OC1Cc2cccc3cccc1c23. The molecule has 0 aromatic heterocycles. The molecule has 0 fully saturated rings. The van der Waals surface area contributed by atoms with E-state index in [1.165, 1.54) is 42.0 Å². The Hall–Kier alpha value is -1.34. The number of unbranched alkanes of at least 4 members (excludes halogenated alkanes) is 3. The molecule has 1 N–H and O–H groups in total. The van der Waals surface area contributed by atoms with Gasteiger partial charge in [-0.25, -0.2) is 0 Å². The molecule has 0 amide bonds. The van der Waals surface area contributed by atoms with Crippen molar-refractivity contribution in [2.75, 3.05) is 0 Å². The molecule has 1 aliphatic rings. The van der Waals surface area contributed by atoms with Gasteiger partial charge in [-0.2, -0.15) is 0 Å². The highest BCUT2D eigenvalue weighted by Gasteiger charge is 2.21. The van der Waals surface area contributed by atoms with E-state index < -0.39 is 0 Å². The Balaban J connectivity index is 0.000000192. The number of aliphatic hydroxyl groups excluding tert-OH is 1. The Morgan fingerprint density at radius 3 is 2.26 bits per heavy atom. The van der Waals surface area contributed by atoms with Gasteiger partial charge in [0.15, 0.2) is 0 Å². The Morgan fingerprint density at radius 1 is 1.00 bits per heavy atom. The molecule has 0 aliphatic heterocycles. The van der Waals surface area contributed by atoms with E-state index in [4.69, 9.17) is 0 Å². The predicted molar refractivity (Wildman–Crippen MR) is 82.4 cm³/mol. The van der Waals surface area contributed by atoms with Crippen molar-refractivity contribution in [2.45, 2.75) is 52.1 Å². The molecule has 19 heavy (non-hydrogen) atoms. The lowest BCUT2D eigenvalue weighted by Crippen LogP contribution is -1.91. The summed E-state index contributed by atoms with van der Waals surface area (Å²) in [5.74, 6) is 0. The van der Waals surface area contributed by atoms with E-state index in [0.717, 1.165) is 12.0 Å². The molecule has 0 spiro atoms. The van der Waals surface area contributed by atoms with Crippen LogP contribution in [0.25, 0.3) is 10.8 Å². The van der Waals surface area contributed by atoms with Crippen molar-refractivity contribution in [2.24, 2.45) is 0 Å². The van der Waals surface area contributed by atoms with Crippen molar-refractivity contribution in [3.05, 3.63) is 47.5 Å². The highest BCUT2D eigenvalue weighted by Crippen LogP contribution is 2.36. The smallest absolute Gasteiger partial charge is 0.0836 e. The fourth-order valence-corrected chi connectivity index (χ4v) is 2.72. The van der Waals surface area contributed by atoms with Crippen LogP contribution in [-0.4, -0.2) is 5.11 Å². The topological polar surface area (TPSA) is 20.2 Å². The molecule has 3 rings (SSSR count). The summed E-state index contributed by atoms with van der Waals surface area (Å²) in [5, 5.41) is 12.3. The Bertz CT molecular complexity index is 521. The van der Waals surface area contributed by atoms with Crippen molar-refractivity contribution in [1.29, 1.82) is 0 Å². The maximum atomic E-state index is 9.77. The third-order valence-electron chi connectivity index (χ3n) is 3.75. The average Bonchev–Trinajstić information content (AvgIpc) is 2.77. The minimum atomic E-state index is -0.291. The molecule has 0 heterocycles. The fourth-order valence-electron chi connectivity index (χ4n) is 2.72. The number of rotatable bonds is 3. The van der Waals surface area contributed by atoms with Gasteiger partial charge in [0.05, 0.1) is 6.10 Å². The molecule has 1 aliphatic carbocycles. The summed E-state index contributed by atoms with van der Waals surface area (Å²) in [4.78, 5) is 0. The van der Waals surface area contributed by atoms with E-state index in [2.05, 4.69) is 38.1 Å². The summed E-state index contributed by atoms with van der Waals surface area (Å²) in [6.07, 6.45) is 6.02. The van der Waals surface area contributed by atoms with Gasteiger partial charge in [0.1, 0.15) is 0 Å². The van der Waals surface area contributed by atoms with Gasteiger partial charge in [-0.1, -0.05) is 75.9 Å². The fraction of sp³-hybridized carbons (Fsp3) is 0.444. The van der Waals surface area contributed by atoms with Crippen molar-refractivity contribution >= 4 is 10.8 Å². The summed E-state index contributed by atoms with van der Waals surface area (Å²) in [6.45, 7) is 4.46. The number of aliphatic hydroxyl groups is 1. The van der Waals surface area contributed by atoms with Gasteiger partial charge < -0.3 is 5.11 Å². The van der Waals surface area contributed by atoms with E-state index >= 15 is 0 Å². The van der Waals surface area contributed by atoms with E-state index in [0.29, 0.717) is 0 Å². The Kier molecular flexibility index (Phi) is 4.98. The first-order chi connectivity index (χ1) is 9.27. The second-order valence-electron chi connectivity index (χ2n) is 5.29. The summed E-state index contributed by atoms with van der Waals surface area (Å²) in [6, 6.07) is 12.4. The van der Waals surface area contributed by atoms with Crippen LogP contribution in [0, 0.1) is 0 Å². The number of hydrogen-bond acceptors (Lipinski definition) is 1. The van der Waals surface area contributed by atoms with Gasteiger partial charge >= 0.3 is 0 Å². The van der Waals surface area contributed by atoms with Crippen LogP contribution in [0.5, 0.6) is 0 Å². The van der Waals surface area contributed by atoms with Crippen LogP contribution in [-0.2, 0) is 6.42 Å².